The zero-order valence-corrected chi connectivity index (χ0v) is 10.3. The summed E-state index contributed by atoms with van der Waals surface area (Å²) in [4.78, 5) is 22.1. The molecule has 0 spiro atoms. The van der Waals surface area contributed by atoms with Gasteiger partial charge in [0.2, 0.25) is 5.78 Å². The van der Waals surface area contributed by atoms with E-state index >= 15 is 0 Å². The predicted molar refractivity (Wildman–Crippen MR) is 70.5 cm³/mol. The maximum Gasteiger partial charge on any atom is 0.311 e. The highest BCUT2D eigenvalue weighted by Crippen LogP contribution is 2.30. The van der Waals surface area contributed by atoms with Gasteiger partial charge in [-0.1, -0.05) is 12.1 Å². The average molecular weight is 270 g/mol. The van der Waals surface area contributed by atoms with Crippen LogP contribution in [0.3, 0.4) is 0 Å². The monoisotopic (exact) mass is 270 g/mol. The molecular weight excluding hydrogens is 260 g/mol. The van der Waals surface area contributed by atoms with Crippen LogP contribution < -0.4 is 0 Å². The van der Waals surface area contributed by atoms with Crippen LogP contribution in [0.1, 0.15) is 17.0 Å². The molecule has 0 amide bonds. The molecule has 0 unspecified atom stereocenters. The lowest BCUT2D eigenvalue weighted by Gasteiger charge is -1.97. The van der Waals surface area contributed by atoms with E-state index < -0.39 is 18.2 Å². The number of aliphatic carboxylic acids is 1. The number of hydrogen-bond donors (Lipinski definition) is 1. The Labute approximate surface area is 113 Å². The largest absolute Gasteiger partial charge is 0.481 e. The van der Waals surface area contributed by atoms with Crippen LogP contribution in [0.25, 0.3) is 22.1 Å². The second kappa shape index (κ2) is 4.70. The summed E-state index contributed by atoms with van der Waals surface area (Å²) in [6.45, 7) is 0. The van der Waals surface area contributed by atoms with Crippen LogP contribution in [0.5, 0.6) is 0 Å². The molecule has 5 heteroatoms. The summed E-state index contributed by atoms with van der Waals surface area (Å²) in [5, 5.41) is 9.52. The zero-order chi connectivity index (χ0) is 14.1. The van der Waals surface area contributed by atoms with Crippen LogP contribution in [0.2, 0.25) is 0 Å². The summed E-state index contributed by atoms with van der Waals surface area (Å²) < 4.78 is 10.5. The lowest BCUT2D eigenvalue weighted by Crippen LogP contribution is -2.05. The van der Waals surface area contributed by atoms with Gasteiger partial charge in [0, 0.05) is 10.9 Å². The van der Waals surface area contributed by atoms with Gasteiger partial charge in [-0.3, -0.25) is 9.59 Å². The fourth-order valence-electron chi connectivity index (χ4n) is 2.09. The number of carboxylic acid groups (broad SMARTS) is 1. The van der Waals surface area contributed by atoms with Crippen LogP contribution >= 0.6 is 0 Å². The first-order valence-corrected chi connectivity index (χ1v) is 5.95. The molecule has 0 aliphatic carbocycles. The number of Topliss-reactive ketones (excluding diaryl/α,β-unsaturated/α-hetero) is 1. The van der Waals surface area contributed by atoms with Gasteiger partial charge in [0.1, 0.15) is 12.0 Å². The number of rotatable bonds is 4. The van der Waals surface area contributed by atoms with E-state index in [2.05, 4.69) is 0 Å². The van der Waals surface area contributed by atoms with Crippen molar-refractivity contribution in [2.24, 2.45) is 0 Å². The third-order valence-electron chi connectivity index (χ3n) is 2.99. The van der Waals surface area contributed by atoms with Crippen LogP contribution in [0, 0.1) is 0 Å². The third kappa shape index (κ3) is 2.09. The molecule has 0 bridgehead atoms. The summed E-state index contributed by atoms with van der Waals surface area (Å²) >= 11 is 0. The second-order valence-corrected chi connectivity index (χ2v) is 4.33. The molecule has 1 N–H and O–H groups in total. The van der Waals surface area contributed by atoms with E-state index in [4.69, 9.17) is 13.9 Å². The highest BCUT2D eigenvalue weighted by molar-refractivity contribution is 6.05. The number of carbonyl (C=O) groups excluding carboxylic acids is 1. The fourth-order valence-corrected chi connectivity index (χ4v) is 2.09. The van der Waals surface area contributed by atoms with Gasteiger partial charge < -0.3 is 13.9 Å². The van der Waals surface area contributed by atoms with Gasteiger partial charge in [-0.15, -0.1) is 0 Å². The standard InChI is InChI=1S/C15H10O5/c16-12(7-15(17)18)14-6-9(8-20-14)10-2-1-3-13-11(10)4-5-19-13/h1-6,8H,7H2,(H,17,18). The van der Waals surface area contributed by atoms with Crippen LogP contribution in [-0.2, 0) is 4.79 Å². The first kappa shape index (κ1) is 12.2. The van der Waals surface area contributed by atoms with Gasteiger partial charge in [0.05, 0.1) is 12.5 Å². The van der Waals surface area contributed by atoms with Crippen molar-refractivity contribution >= 4 is 22.7 Å². The Balaban J connectivity index is 2.00. The van der Waals surface area contributed by atoms with Crippen LogP contribution in [0.4, 0.5) is 0 Å². The van der Waals surface area contributed by atoms with Crippen molar-refractivity contribution in [1.29, 1.82) is 0 Å². The molecule has 2 heterocycles. The van der Waals surface area contributed by atoms with E-state index in [9.17, 15) is 9.59 Å². The molecule has 3 aromatic rings. The Morgan fingerprint density at radius 2 is 2.00 bits per heavy atom. The molecule has 0 radical (unpaired) electrons. The molecule has 1 aromatic carbocycles. The van der Waals surface area contributed by atoms with Gasteiger partial charge >= 0.3 is 5.97 Å². The van der Waals surface area contributed by atoms with E-state index in [1.165, 1.54) is 6.26 Å². The van der Waals surface area contributed by atoms with Crippen molar-refractivity contribution in [2.75, 3.05) is 0 Å². The lowest BCUT2D eigenvalue weighted by molar-refractivity contribution is -0.135. The number of ketones is 1. The predicted octanol–water partition coefficient (Wildman–Crippen LogP) is 3.35. The first-order valence-electron chi connectivity index (χ1n) is 5.95. The van der Waals surface area contributed by atoms with Gasteiger partial charge in [0.15, 0.2) is 5.76 Å². The van der Waals surface area contributed by atoms with Crippen molar-refractivity contribution in [3.05, 3.63) is 48.6 Å². The van der Waals surface area contributed by atoms with Gasteiger partial charge in [0.25, 0.3) is 0 Å². The molecule has 20 heavy (non-hydrogen) atoms. The average Bonchev–Trinajstić information content (AvgIpc) is 3.06. The molecule has 0 saturated carbocycles. The summed E-state index contributed by atoms with van der Waals surface area (Å²) in [5.41, 5.74) is 2.32. The van der Waals surface area contributed by atoms with Crippen molar-refractivity contribution in [3.63, 3.8) is 0 Å². The minimum atomic E-state index is -1.18. The smallest absolute Gasteiger partial charge is 0.311 e. The maximum atomic E-state index is 11.6. The highest BCUT2D eigenvalue weighted by Gasteiger charge is 2.16. The van der Waals surface area contributed by atoms with Crippen molar-refractivity contribution < 1.29 is 23.5 Å². The molecule has 0 aliphatic rings. The van der Waals surface area contributed by atoms with E-state index in [1.54, 1.807) is 12.3 Å². The molecule has 0 aliphatic heterocycles. The molecule has 3 rings (SSSR count). The van der Waals surface area contributed by atoms with Crippen molar-refractivity contribution in [3.8, 4) is 11.1 Å². The molecule has 5 nitrogen and oxygen atoms in total. The van der Waals surface area contributed by atoms with Crippen molar-refractivity contribution in [1.82, 2.24) is 0 Å². The number of benzene rings is 1. The molecule has 0 fully saturated rings. The molecule has 0 atom stereocenters. The molecule has 0 saturated heterocycles. The van der Waals surface area contributed by atoms with Gasteiger partial charge in [-0.2, -0.15) is 0 Å². The maximum absolute atomic E-state index is 11.6. The van der Waals surface area contributed by atoms with E-state index in [-0.39, 0.29) is 5.76 Å². The topological polar surface area (TPSA) is 80.6 Å². The first-order chi connectivity index (χ1) is 9.65. The highest BCUT2D eigenvalue weighted by atomic mass is 16.4. The number of carbonyl (C=O) groups is 2. The van der Waals surface area contributed by atoms with Crippen molar-refractivity contribution in [2.45, 2.75) is 6.42 Å². The van der Waals surface area contributed by atoms with Crippen LogP contribution in [-0.4, -0.2) is 16.9 Å². The van der Waals surface area contributed by atoms with Gasteiger partial charge in [-0.05, 0) is 23.8 Å². The number of fused-ring (bicyclic) bond motifs is 1. The van der Waals surface area contributed by atoms with E-state index in [0.29, 0.717) is 5.56 Å². The van der Waals surface area contributed by atoms with E-state index in [0.717, 1.165) is 16.5 Å². The fraction of sp³-hybridized carbons (Fsp3) is 0.0667. The van der Waals surface area contributed by atoms with Gasteiger partial charge in [-0.25, -0.2) is 0 Å². The minimum Gasteiger partial charge on any atom is -0.481 e. The SMILES string of the molecule is O=C(O)CC(=O)c1cc(-c2cccc3occc23)co1. The minimum absolute atomic E-state index is 0.0443. The number of carboxylic acids is 1. The molecule has 100 valence electrons. The Bertz CT molecular complexity index is 793. The molecule has 2 aromatic heterocycles. The summed E-state index contributed by atoms with van der Waals surface area (Å²) in [7, 11) is 0. The summed E-state index contributed by atoms with van der Waals surface area (Å²) in [6, 6.07) is 8.94. The Morgan fingerprint density at radius 3 is 2.80 bits per heavy atom. The summed E-state index contributed by atoms with van der Waals surface area (Å²) in [5.74, 6) is -1.68. The Kier molecular flexibility index (Phi) is 2.87. The second-order valence-electron chi connectivity index (χ2n) is 4.33. The Morgan fingerprint density at radius 1 is 1.15 bits per heavy atom. The zero-order valence-electron chi connectivity index (χ0n) is 10.3. The number of furan rings is 2. The van der Waals surface area contributed by atoms with E-state index in [1.807, 2.05) is 24.3 Å². The quantitative estimate of drug-likeness (QED) is 0.580. The lowest BCUT2D eigenvalue weighted by atomic mass is 10.0. The summed E-state index contributed by atoms with van der Waals surface area (Å²) in [6.07, 6.45) is 2.45. The number of hydrogen-bond acceptors (Lipinski definition) is 4. The molecular formula is C15H10O5. The van der Waals surface area contributed by atoms with Crippen LogP contribution in [0.15, 0.2) is 51.7 Å². The third-order valence-corrected chi connectivity index (χ3v) is 2.99. The normalized spacial score (nSPS) is 10.8. The Hall–Kier alpha value is -2.82.